The molecule has 0 unspecified atom stereocenters. The predicted molar refractivity (Wildman–Crippen MR) is 358 cm³/mol. The number of rotatable bonds is 12. The number of halogens is 1. The molecule has 91 heavy (non-hydrogen) atoms. The second kappa shape index (κ2) is 29.3. The molecule has 2 saturated heterocycles. The van der Waals surface area contributed by atoms with Crippen LogP contribution in [0.15, 0.2) is 98.1 Å². The Bertz CT molecular complexity index is 3800. The van der Waals surface area contributed by atoms with Crippen molar-refractivity contribution < 1.29 is 28.7 Å². The Labute approximate surface area is 546 Å². The molecule has 5 N–H and O–H groups in total. The Morgan fingerprint density at radius 2 is 1.02 bits per heavy atom. The van der Waals surface area contributed by atoms with Crippen molar-refractivity contribution >= 4 is 75.6 Å². The average molecular weight is 1300 g/mol. The fraction of sp³-hybridized carbons (Fsp3) is 0.455. The van der Waals surface area contributed by atoms with Crippen molar-refractivity contribution in [2.24, 2.45) is 0 Å². The Hall–Kier alpha value is -8.35. The monoisotopic (exact) mass is 1300 g/mol. The van der Waals surface area contributed by atoms with Gasteiger partial charge in [-0.2, -0.15) is 10.2 Å². The number of ether oxygens (including phenoxy) is 2. The lowest BCUT2D eigenvalue weighted by molar-refractivity contribution is 0.0174. The van der Waals surface area contributed by atoms with Crippen LogP contribution in [0.5, 0.6) is 0 Å². The molecular weight excluding hydrogens is 1210 g/mol. The Morgan fingerprint density at radius 1 is 0.582 bits per heavy atom. The second-order valence-corrected chi connectivity index (χ2v) is 29.1. The fourth-order valence-electron chi connectivity index (χ4n) is 9.72. The molecule has 0 saturated carbocycles. The number of benzene rings is 2. The molecule has 22 nitrogen and oxygen atoms in total. The van der Waals surface area contributed by atoms with Gasteiger partial charge in [-0.25, -0.2) is 39.5 Å². The number of likely N-dealkylation sites (tertiary alicyclic amines) is 2. The lowest BCUT2D eigenvalue weighted by Crippen LogP contribution is -2.42. The molecule has 0 bridgehead atoms. The zero-order chi connectivity index (χ0) is 66.0. The van der Waals surface area contributed by atoms with Gasteiger partial charge in [0.15, 0.2) is 0 Å². The van der Waals surface area contributed by atoms with Crippen LogP contribution < -0.4 is 21.7 Å². The molecule has 4 amide bonds. The zero-order valence-electron chi connectivity index (χ0n) is 54.6. The summed E-state index contributed by atoms with van der Waals surface area (Å²) in [5.41, 5.74) is 13.7. The van der Waals surface area contributed by atoms with Crippen molar-refractivity contribution in [1.82, 2.24) is 69.9 Å². The predicted octanol–water partition coefficient (Wildman–Crippen LogP) is 13.5. The highest BCUT2D eigenvalue weighted by molar-refractivity contribution is 7.14. The fourth-order valence-corrected chi connectivity index (χ4v) is 11.6. The van der Waals surface area contributed by atoms with E-state index in [9.17, 15) is 19.2 Å². The molecule has 10 rings (SSSR count). The number of carbonyl (C=O) groups is 4. The number of nitrogens with zero attached hydrogens (tertiary/aromatic N) is 12. The Kier molecular flexibility index (Phi) is 22.1. The molecule has 0 aliphatic carbocycles. The van der Waals surface area contributed by atoms with Gasteiger partial charge < -0.3 is 41.0 Å². The van der Waals surface area contributed by atoms with Gasteiger partial charge in [0.05, 0.1) is 69.6 Å². The van der Waals surface area contributed by atoms with Crippen LogP contribution in [0.2, 0.25) is 5.28 Å². The van der Waals surface area contributed by atoms with Crippen molar-refractivity contribution in [2.45, 2.75) is 170 Å². The van der Waals surface area contributed by atoms with Gasteiger partial charge in [-0.3, -0.25) is 19.0 Å². The van der Waals surface area contributed by atoms with Crippen LogP contribution in [0.1, 0.15) is 172 Å². The molecule has 2 fully saturated rings. The summed E-state index contributed by atoms with van der Waals surface area (Å²) in [6.07, 6.45) is 16.7. The molecular formula is C66H85ClN16O6S2. The van der Waals surface area contributed by atoms with Gasteiger partial charge in [0, 0.05) is 86.0 Å². The van der Waals surface area contributed by atoms with E-state index < -0.39 is 11.2 Å². The number of nitrogens with two attached hydrogens (primary N) is 1. The Morgan fingerprint density at radius 3 is 1.43 bits per heavy atom. The van der Waals surface area contributed by atoms with E-state index in [-0.39, 0.29) is 46.2 Å². The van der Waals surface area contributed by atoms with Gasteiger partial charge in [0.2, 0.25) is 11.2 Å². The van der Waals surface area contributed by atoms with E-state index in [2.05, 4.69) is 98.7 Å². The van der Waals surface area contributed by atoms with Crippen molar-refractivity contribution in [1.29, 1.82) is 0 Å². The summed E-state index contributed by atoms with van der Waals surface area (Å²) in [6.45, 7) is 31.4. The van der Waals surface area contributed by atoms with Crippen LogP contribution in [0, 0.1) is 13.8 Å². The maximum atomic E-state index is 12.7. The first kappa shape index (κ1) is 68.6. The van der Waals surface area contributed by atoms with Crippen molar-refractivity contribution in [3.05, 3.63) is 145 Å². The third-order valence-corrected chi connectivity index (χ3v) is 17.7. The molecule has 0 atom stereocenters. The number of anilines is 3. The van der Waals surface area contributed by atoms with E-state index in [1.807, 2.05) is 120 Å². The summed E-state index contributed by atoms with van der Waals surface area (Å²) in [5, 5.41) is 20.2. The summed E-state index contributed by atoms with van der Waals surface area (Å²) < 4.78 is 14.7. The van der Waals surface area contributed by atoms with Crippen molar-refractivity contribution in [2.75, 3.05) is 37.2 Å². The van der Waals surface area contributed by atoms with Crippen molar-refractivity contribution in [3.8, 4) is 22.5 Å². The lowest BCUT2D eigenvalue weighted by Gasteiger charge is -2.33. The van der Waals surface area contributed by atoms with Gasteiger partial charge in [0.25, 0.3) is 11.8 Å². The minimum atomic E-state index is -0.503. The van der Waals surface area contributed by atoms with Crippen LogP contribution in [0.4, 0.5) is 26.9 Å². The highest BCUT2D eigenvalue weighted by Gasteiger charge is 2.30. The summed E-state index contributed by atoms with van der Waals surface area (Å²) >= 11 is 8.74. The number of aromatic nitrogens is 10. The van der Waals surface area contributed by atoms with E-state index in [0.717, 1.165) is 86.2 Å². The number of aryl methyl sites for hydroxylation is 2. The summed E-state index contributed by atoms with van der Waals surface area (Å²) in [6, 6.07) is 16.3. The van der Waals surface area contributed by atoms with Crippen LogP contribution in [0.25, 0.3) is 22.5 Å². The highest BCUT2D eigenvalue weighted by Crippen LogP contribution is 2.31. The van der Waals surface area contributed by atoms with Gasteiger partial charge >= 0.3 is 12.2 Å². The molecule has 484 valence electrons. The molecule has 25 heteroatoms. The number of carbonyl (C=O) groups excluding carboxylic acids is 4. The van der Waals surface area contributed by atoms with E-state index in [0.29, 0.717) is 66.7 Å². The SMILES string of the molecule is CC(C)(C)OC(=O)N1CCC(n2cc(N)cn2)CC1.Cc1cc(-c2ccnc(Cl)n2)ccc1CNC(=O)c1cnc(C(C)(C)C)s1.Cc1cc(-c2ccnc(Nc3cnn(C4CCN(C(=O)OC(C)(C)C)CC4)c3)n2)ccc1CNC(=O)c1cnc(C(C)(C)C)s1. The number of nitrogen functional groups attached to an aromatic ring is 1. The first-order valence-corrected chi connectivity index (χ1v) is 32.4. The highest BCUT2D eigenvalue weighted by atomic mass is 35.5. The normalized spacial score (nSPS) is 14.1. The van der Waals surface area contributed by atoms with Crippen molar-refractivity contribution in [3.63, 3.8) is 0 Å². The van der Waals surface area contributed by atoms with E-state index in [4.69, 9.17) is 31.8 Å². The van der Waals surface area contributed by atoms with E-state index in [1.54, 1.807) is 47.0 Å². The number of piperidine rings is 2. The minimum Gasteiger partial charge on any atom is -0.444 e. The topological polar surface area (TPSA) is 268 Å². The first-order valence-electron chi connectivity index (χ1n) is 30.4. The quantitative estimate of drug-likeness (QED) is 0.0828. The molecule has 6 aromatic heterocycles. The molecule has 0 spiro atoms. The summed E-state index contributed by atoms with van der Waals surface area (Å²) in [4.78, 5) is 80.3. The van der Waals surface area contributed by atoms with Crippen LogP contribution in [0.3, 0.4) is 0 Å². The van der Waals surface area contributed by atoms with Gasteiger partial charge in [-0.05, 0) is 139 Å². The largest absolute Gasteiger partial charge is 0.444 e. The number of nitrogens with one attached hydrogen (secondary N) is 3. The van der Waals surface area contributed by atoms with E-state index in [1.165, 1.54) is 22.7 Å². The number of hydrogen-bond donors (Lipinski definition) is 4. The lowest BCUT2D eigenvalue weighted by atomic mass is 9.98. The third-order valence-electron chi connectivity index (χ3n) is 14.6. The molecule has 0 radical (unpaired) electrons. The standard InChI is InChI=1S/C33H42N8O3S.C20H21ClN4OS.C13H22N4O2/c1-21-16-22(8-9-23(21)17-35-28(42)27-19-36-29(45-27)32(2,3)4)26-10-13-34-30(39-26)38-24-18-37-41(20-24)25-11-14-40(15-12-25)31(43)44-33(5,6)7;1-12-9-13(15-7-8-22-19(21)25-15)5-6-14(12)10-23-17(26)16-11-24-18(27-16)20(2,3)4;1-13(2,3)19-12(18)16-6-4-11(5-7-16)17-9-10(14)8-15-17/h8-10,13,16,18-20,25H,11-12,14-15,17H2,1-7H3,(H,35,42)(H,34,38,39);5-9,11H,10H2,1-4H3,(H,23,26);8-9,11H,4-7,14H2,1-3H3. The Balaban J connectivity index is 0.000000196. The number of hydrogen-bond acceptors (Lipinski definition) is 18. The second-order valence-electron chi connectivity index (χ2n) is 26.7. The summed E-state index contributed by atoms with van der Waals surface area (Å²) in [5.74, 6) is 0.251. The molecule has 2 aliphatic rings. The average Bonchev–Trinajstić information content (AvgIpc) is 1.81. The molecule has 8 heterocycles. The van der Waals surface area contributed by atoms with Crippen LogP contribution in [-0.2, 0) is 33.4 Å². The molecule has 2 aromatic carbocycles. The first-order chi connectivity index (χ1) is 42.8. The third kappa shape index (κ3) is 19.8. The zero-order valence-corrected chi connectivity index (χ0v) is 56.9. The van der Waals surface area contributed by atoms with Gasteiger partial charge in [0.1, 0.15) is 21.0 Å². The van der Waals surface area contributed by atoms with E-state index >= 15 is 0 Å². The molecule has 8 aromatic rings. The number of amides is 4. The maximum absolute atomic E-state index is 12.7. The minimum absolute atomic E-state index is 0.0560. The van der Waals surface area contributed by atoms with Crippen LogP contribution in [-0.4, -0.2) is 121 Å². The molecule has 2 aliphatic heterocycles. The van der Waals surface area contributed by atoms with Gasteiger partial charge in [-0.1, -0.05) is 65.8 Å². The summed E-state index contributed by atoms with van der Waals surface area (Å²) in [7, 11) is 0. The smallest absolute Gasteiger partial charge is 0.410 e. The maximum Gasteiger partial charge on any atom is 0.410 e. The van der Waals surface area contributed by atoms with Gasteiger partial charge in [-0.15, -0.1) is 22.7 Å². The van der Waals surface area contributed by atoms with Crippen LogP contribution >= 0.6 is 34.3 Å². The number of thiazole rings is 2.